The van der Waals surface area contributed by atoms with Crippen LogP contribution in [0.5, 0.6) is 23.0 Å². The van der Waals surface area contributed by atoms with Gasteiger partial charge in [0.25, 0.3) is 0 Å². The van der Waals surface area contributed by atoms with Crippen molar-refractivity contribution in [2.75, 3.05) is 102 Å². The Labute approximate surface area is 361 Å². The number of hydrogen-bond donors (Lipinski definition) is 2. The average Bonchev–Trinajstić information content (AvgIpc) is 3.30. The number of rotatable bonds is 12. The Morgan fingerprint density at radius 3 is 1.64 bits per heavy atom. The smallest absolute Gasteiger partial charge is 0.226 e. The van der Waals surface area contributed by atoms with Crippen LogP contribution in [0.3, 0.4) is 0 Å². The summed E-state index contributed by atoms with van der Waals surface area (Å²) in [5.41, 5.74) is 10.9. The van der Waals surface area contributed by atoms with E-state index in [2.05, 4.69) is 66.1 Å². The lowest BCUT2D eigenvalue weighted by Gasteiger charge is -2.39. The van der Waals surface area contributed by atoms with E-state index in [1.807, 2.05) is 61.2 Å². The van der Waals surface area contributed by atoms with E-state index in [0.29, 0.717) is 26.4 Å². The molecule has 13 heteroatoms. The number of nitrogens with two attached hydrogens (primary N) is 1. The molecule has 0 bridgehead atoms. The highest BCUT2D eigenvalue weighted by Crippen LogP contribution is 2.41. The third-order valence-electron chi connectivity index (χ3n) is 12.8. The van der Waals surface area contributed by atoms with Gasteiger partial charge in [-0.3, -0.25) is 24.6 Å². The highest BCUT2D eigenvalue weighted by Gasteiger charge is 2.36. The van der Waals surface area contributed by atoms with Crippen LogP contribution in [0.4, 0.5) is 11.4 Å². The van der Waals surface area contributed by atoms with Gasteiger partial charge in [-0.25, -0.2) is 0 Å². The molecular formula is C48H64N8O5. The zero-order chi connectivity index (χ0) is 41.9. The summed E-state index contributed by atoms with van der Waals surface area (Å²) < 4.78 is 23.3. The number of benzene rings is 2. The molecule has 4 aromatic rings. The molecule has 2 aromatic heterocycles. The van der Waals surface area contributed by atoms with Gasteiger partial charge in [0.15, 0.2) is 23.0 Å². The molecule has 13 nitrogen and oxygen atoms in total. The van der Waals surface area contributed by atoms with E-state index in [1.54, 1.807) is 0 Å². The topological polar surface area (TPSA) is 131 Å². The molecule has 6 heterocycles. The van der Waals surface area contributed by atoms with Crippen molar-refractivity contribution in [1.29, 1.82) is 0 Å². The second-order valence-electron chi connectivity index (χ2n) is 17.3. The van der Waals surface area contributed by atoms with Crippen molar-refractivity contribution in [3.8, 4) is 23.0 Å². The van der Waals surface area contributed by atoms with Gasteiger partial charge in [-0.2, -0.15) is 0 Å². The molecule has 0 spiro atoms. The van der Waals surface area contributed by atoms with E-state index in [-0.39, 0.29) is 23.4 Å². The lowest BCUT2D eigenvalue weighted by molar-refractivity contribution is -0.132. The van der Waals surface area contributed by atoms with Gasteiger partial charge in [-0.1, -0.05) is 38.3 Å². The highest BCUT2D eigenvalue weighted by molar-refractivity contribution is 5.82. The molecule has 2 aromatic carbocycles. The molecule has 5 aliphatic rings. The maximum atomic E-state index is 13.4. The van der Waals surface area contributed by atoms with Crippen molar-refractivity contribution in [2.45, 2.75) is 64.0 Å². The van der Waals surface area contributed by atoms with Crippen LogP contribution in [0.1, 0.15) is 50.2 Å². The molecule has 4 aliphatic heterocycles. The minimum atomic E-state index is -0.234. The number of piperazine rings is 2. The molecule has 326 valence electrons. The van der Waals surface area contributed by atoms with Crippen LogP contribution in [0.25, 0.3) is 0 Å². The van der Waals surface area contributed by atoms with Gasteiger partial charge < -0.3 is 39.8 Å². The van der Waals surface area contributed by atoms with Crippen LogP contribution in [0.15, 0.2) is 85.5 Å². The number of nitrogens with zero attached hydrogens (tertiary/aromatic N) is 6. The number of hydrogen-bond acceptors (Lipinski definition) is 12. The largest absolute Gasteiger partial charge is 0.486 e. The fourth-order valence-corrected chi connectivity index (χ4v) is 9.37. The summed E-state index contributed by atoms with van der Waals surface area (Å²) in [5.74, 6) is 3.68. The van der Waals surface area contributed by atoms with E-state index in [0.717, 1.165) is 138 Å². The number of carbonyl (C=O) groups excluding carboxylic acids is 1. The van der Waals surface area contributed by atoms with Crippen LogP contribution in [-0.4, -0.2) is 130 Å². The summed E-state index contributed by atoms with van der Waals surface area (Å²) >= 11 is 0. The SMILES string of the molecule is CC1(C(=O)N[C@H](Cc2ccncc2)CN2CCN(c3cccc4c3OCCO4)CC2)CCCCC1.N[C@H](Cc1ccncc1)CN1CCN(c2cccc3c2OCCO3)CC1. The molecular weight excluding hydrogens is 769 g/mol. The van der Waals surface area contributed by atoms with Crippen molar-refractivity contribution in [3.05, 3.63) is 96.6 Å². The van der Waals surface area contributed by atoms with Crippen molar-refractivity contribution >= 4 is 17.3 Å². The number of fused-ring (bicyclic) bond motifs is 2. The fraction of sp³-hybridized carbons (Fsp3) is 0.521. The lowest BCUT2D eigenvalue weighted by Crippen LogP contribution is -2.54. The van der Waals surface area contributed by atoms with E-state index < -0.39 is 0 Å². The molecule has 2 saturated heterocycles. The molecule has 9 rings (SSSR count). The number of anilines is 2. The normalized spacial score (nSPS) is 19.8. The number of carbonyl (C=O) groups is 1. The maximum Gasteiger partial charge on any atom is 0.226 e. The molecule has 3 fully saturated rings. The third kappa shape index (κ3) is 11.2. The summed E-state index contributed by atoms with van der Waals surface area (Å²) in [6.07, 6.45) is 14.6. The molecule has 1 saturated carbocycles. The van der Waals surface area contributed by atoms with E-state index in [9.17, 15) is 4.79 Å². The van der Waals surface area contributed by atoms with Gasteiger partial charge in [0.2, 0.25) is 5.91 Å². The Hall–Kier alpha value is -5.11. The molecule has 1 amide bonds. The summed E-state index contributed by atoms with van der Waals surface area (Å²) in [4.78, 5) is 31.3. The minimum Gasteiger partial charge on any atom is -0.486 e. The van der Waals surface area contributed by atoms with Crippen LogP contribution in [-0.2, 0) is 17.6 Å². The minimum absolute atomic E-state index is 0.0800. The number of amides is 1. The van der Waals surface area contributed by atoms with Crippen molar-refractivity contribution in [2.24, 2.45) is 11.1 Å². The zero-order valence-corrected chi connectivity index (χ0v) is 35.9. The average molecular weight is 833 g/mol. The fourth-order valence-electron chi connectivity index (χ4n) is 9.37. The Bertz CT molecular complexity index is 1980. The summed E-state index contributed by atoms with van der Waals surface area (Å²) in [5, 5.41) is 3.46. The summed E-state index contributed by atoms with van der Waals surface area (Å²) in [6.45, 7) is 14.1. The molecule has 0 radical (unpaired) electrons. The van der Waals surface area contributed by atoms with Crippen LogP contribution < -0.4 is 39.8 Å². The van der Waals surface area contributed by atoms with Gasteiger partial charge in [0, 0.05) is 108 Å². The van der Waals surface area contributed by atoms with E-state index in [1.165, 1.54) is 17.5 Å². The quantitative estimate of drug-likeness (QED) is 0.194. The number of ether oxygens (including phenoxy) is 4. The van der Waals surface area contributed by atoms with Gasteiger partial charge in [0.05, 0.1) is 11.4 Å². The van der Waals surface area contributed by atoms with Crippen molar-refractivity contribution in [3.63, 3.8) is 0 Å². The zero-order valence-electron chi connectivity index (χ0n) is 35.9. The van der Waals surface area contributed by atoms with Crippen LogP contribution in [0.2, 0.25) is 0 Å². The summed E-state index contributed by atoms with van der Waals surface area (Å²) in [6, 6.07) is 20.7. The van der Waals surface area contributed by atoms with Crippen molar-refractivity contribution in [1.82, 2.24) is 25.1 Å². The Balaban J connectivity index is 0.000000176. The summed E-state index contributed by atoms with van der Waals surface area (Å²) in [7, 11) is 0. The second-order valence-corrected chi connectivity index (χ2v) is 17.3. The standard InChI is InChI=1S/C28H38N4O3.C20H26N4O2/c1-28(10-3-2-4-11-28)27(33)30-23(20-22-8-12-29-13-9-22)21-31-14-16-32(17-15-31)24-6-5-7-25-26(24)35-19-18-34-25;21-17(14-16-4-6-22-7-5-16)15-23-8-10-24(11-9-23)18-2-1-3-19-20(18)26-13-12-25-19/h5-9,12-13,23H,2-4,10-11,14-21H2,1H3,(H,30,33);1-7,17H,8-15,21H2/t23-;17-/m11/s1. The highest BCUT2D eigenvalue weighted by atomic mass is 16.6. The first kappa shape index (κ1) is 42.6. The Morgan fingerprint density at radius 1 is 0.639 bits per heavy atom. The van der Waals surface area contributed by atoms with E-state index >= 15 is 0 Å². The second kappa shape index (κ2) is 20.6. The first-order chi connectivity index (χ1) is 29.9. The maximum absolute atomic E-state index is 13.4. The van der Waals surface area contributed by atoms with Gasteiger partial charge in [-0.05, 0) is 85.3 Å². The Morgan fingerprint density at radius 2 is 1.11 bits per heavy atom. The molecule has 0 unspecified atom stereocenters. The molecule has 3 N–H and O–H groups in total. The molecule has 61 heavy (non-hydrogen) atoms. The first-order valence-electron chi connectivity index (χ1n) is 22.5. The Kier molecular flexibility index (Phi) is 14.4. The van der Waals surface area contributed by atoms with Gasteiger partial charge in [0.1, 0.15) is 26.4 Å². The van der Waals surface area contributed by atoms with Gasteiger partial charge in [-0.15, -0.1) is 0 Å². The van der Waals surface area contributed by atoms with Crippen molar-refractivity contribution < 1.29 is 23.7 Å². The number of aromatic nitrogens is 2. The number of pyridine rings is 2. The lowest BCUT2D eigenvalue weighted by atomic mass is 9.75. The molecule has 1 aliphatic carbocycles. The van der Waals surface area contributed by atoms with Gasteiger partial charge >= 0.3 is 0 Å². The number of nitrogens with one attached hydrogen (secondary N) is 1. The van der Waals surface area contributed by atoms with Crippen LogP contribution in [0, 0.1) is 5.41 Å². The molecule has 2 atom stereocenters. The van der Waals surface area contributed by atoms with Crippen LogP contribution >= 0.6 is 0 Å². The third-order valence-corrected chi connectivity index (χ3v) is 12.8. The first-order valence-corrected chi connectivity index (χ1v) is 22.5. The predicted molar refractivity (Wildman–Crippen MR) is 239 cm³/mol. The van der Waals surface area contributed by atoms with E-state index in [4.69, 9.17) is 24.7 Å². The monoisotopic (exact) mass is 832 g/mol. The number of para-hydroxylation sites is 2. The predicted octanol–water partition coefficient (Wildman–Crippen LogP) is 5.22.